The SMILES string of the molecule is Cc1cc(C)n(Cc2cc(CO)ccc2OCC(C)C)n1. The first-order valence-corrected chi connectivity index (χ1v) is 7.36. The Bertz CT molecular complexity index is 603. The van der Waals surface area contributed by atoms with Crippen LogP contribution >= 0.6 is 0 Å². The van der Waals surface area contributed by atoms with Gasteiger partial charge >= 0.3 is 0 Å². The van der Waals surface area contributed by atoms with E-state index in [0.29, 0.717) is 19.1 Å². The van der Waals surface area contributed by atoms with E-state index in [1.165, 1.54) is 0 Å². The molecule has 4 nitrogen and oxygen atoms in total. The van der Waals surface area contributed by atoms with Crippen molar-refractivity contribution in [3.05, 3.63) is 46.8 Å². The average molecular weight is 288 g/mol. The molecule has 1 heterocycles. The van der Waals surface area contributed by atoms with Gasteiger partial charge in [0.15, 0.2) is 0 Å². The molecule has 1 N–H and O–H groups in total. The summed E-state index contributed by atoms with van der Waals surface area (Å²) >= 11 is 0. The lowest BCUT2D eigenvalue weighted by atomic mass is 10.1. The first-order chi connectivity index (χ1) is 9.99. The molecule has 0 saturated heterocycles. The Labute approximate surface area is 126 Å². The van der Waals surface area contributed by atoms with E-state index in [4.69, 9.17) is 4.74 Å². The molecule has 21 heavy (non-hydrogen) atoms. The van der Waals surface area contributed by atoms with Gasteiger partial charge in [-0.25, -0.2) is 0 Å². The van der Waals surface area contributed by atoms with Gasteiger partial charge in [-0.3, -0.25) is 4.68 Å². The highest BCUT2D eigenvalue weighted by atomic mass is 16.5. The minimum atomic E-state index is 0.0363. The molecule has 2 rings (SSSR count). The number of rotatable bonds is 6. The second-order valence-corrected chi connectivity index (χ2v) is 5.89. The maximum absolute atomic E-state index is 9.33. The molecule has 1 aromatic carbocycles. The number of aliphatic hydroxyl groups excluding tert-OH is 1. The molecule has 0 radical (unpaired) electrons. The summed E-state index contributed by atoms with van der Waals surface area (Å²) in [5, 5.41) is 13.8. The number of nitrogens with zero attached hydrogens (tertiary/aromatic N) is 2. The van der Waals surface area contributed by atoms with E-state index in [9.17, 15) is 5.11 Å². The standard InChI is InChI=1S/C17H24N2O2/c1-12(2)11-21-17-6-5-15(10-20)8-16(17)9-19-14(4)7-13(3)18-19/h5-8,12,20H,9-11H2,1-4H3. The van der Waals surface area contributed by atoms with Crippen molar-refractivity contribution in [3.63, 3.8) is 0 Å². The zero-order chi connectivity index (χ0) is 15.4. The first-order valence-electron chi connectivity index (χ1n) is 7.36. The van der Waals surface area contributed by atoms with Crippen LogP contribution in [0, 0.1) is 19.8 Å². The molecule has 0 unspecified atom stereocenters. The van der Waals surface area contributed by atoms with E-state index >= 15 is 0 Å². The lowest BCUT2D eigenvalue weighted by Crippen LogP contribution is -2.10. The maximum atomic E-state index is 9.33. The van der Waals surface area contributed by atoms with Gasteiger partial charge in [0.2, 0.25) is 0 Å². The van der Waals surface area contributed by atoms with Crippen molar-refractivity contribution in [2.45, 2.75) is 40.8 Å². The Morgan fingerprint density at radius 1 is 1.24 bits per heavy atom. The lowest BCUT2D eigenvalue weighted by Gasteiger charge is -2.15. The van der Waals surface area contributed by atoms with Crippen molar-refractivity contribution in [3.8, 4) is 5.75 Å². The van der Waals surface area contributed by atoms with E-state index in [1.54, 1.807) is 0 Å². The van der Waals surface area contributed by atoms with Crippen LogP contribution in [0.1, 0.15) is 36.4 Å². The summed E-state index contributed by atoms with van der Waals surface area (Å²) in [5.74, 6) is 1.34. The fraction of sp³-hybridized carbons (Fsp3) is 0.471. The van der Waals surface area contributed by atoms with Gasteiger partial charge in [-0.15, -0.1) is 0 Å². The Hall–Kier alpha value is -1.81. The van der Waals surface area contributed by atoms with Crippen molar-refractivity contribution >= 4 is 0 Å². The monoisotopic (exact) mass is 288 g/mol. The normalized spacial score (nSPS) is 11.1. The van der Waals surface area contributed by atoms with Crippen LogP contribution in [0.5, 0.6) is 5.75 Å². The van der Waals surface area contributed by atoms with Crippen LogP contribution in [0.15, 0.2) is 24.3 Å². The molecule has 0 saturated carbocycles. The van der Waals surface area contributed by atoms with Crippen LogP contribution < -0.4 is 4.74 Å². The van der Waals surface area contributed by atoms with E-state index in [0.717, 1.165) is 28.3 Å². The summed E-state index contributed by atoms with van der Waals surface area (Å²) < 4.78 is 7.86. The summed E-state index contributed by atoms with van der Waals surface area (Å²) in [6.07, 6.45) is 0. The van der Waals surface area contributed by atoms with Gasteiger partial charge in [-0.2, -0.15) is 5.10 Å². The van der Waals surface area contributed by atoms with Crippen LogP contribution in [0.4, 0.5) is 0 Å². The Balaban J connectivity index is 2.27. The summed E-state index contributed by atoms with van der Waals surface area (Å²) in [4.78, 5) is 0. The molecule has 0 spiro atoms. The van der Waals surface area contributed by atoms with Crippen LogP contribution in [0.2, 0.25) is 0 Å². The fourth-order valence-electron chi connectivity index (χ4n) is 2.25. The number of benzene rings is 1. The van der Waals surface area contributed by atoms with Crippen LogP contribution in [-0.2, 0) is 13.2 Å². The molecule has 0 bridgehead atoms. The fourth-order valence-corrected chi connectivity index (χ4v) is 2.25. The lowest BCUT2D eigenvalue weighted by molar-refractivity contribution is 0.266. The third-order valence-electron chi connectivity index (χ3n) is 3.30. The van der Waals surface area contributed by atoms with Gasteiger partial charge < -0.3 is 9.84 Å². The smallest absolute Gasteiger partial charge is 0.124 e. The maximum Gasteiger partial charge on any atom is 0.124 e. The topological polar surface area (TPSA) is 47.3 Å². The Morgan fingerprint density at radius 3 is 2.57 bits per heavy atom. The quantitative estimate of drug-likeness (QED) is 0.888. The van der Waals surface area contributed by atoms with Crippen LogP contribution in [0.25, 0.3) is 0 Å². The van der Waals surface area contributed by atoms with Crippen molar-refractivity contribution in [1.29, 1.82) is 0 Å². The van der Waals surface area contributed by atoms with Crippen LogP contribution in [0.3, 0.4) is 0 Å². The summed E-state index contributed by atoms with van der Waals surface area (Å²) in [6.45, 7) is 9.66. The largest absolute Gasteiger partial charge is 0.493 e. The minimum Gasteiger partial charge on any atom is -0.493 e. The molecule has 2 aromatic rings. The van der Waals surface area contributed by atoms with Crippen LogP contribution in [-0.4, -0.2) is 21.5 Å². The highest BCUT2D eigenvalue weighted by Crippen LogP contribution is 2.23. The third-order valence-corrected chi connectivity index (χ3v) is 3.30. The van der Waals surface area contributed by atoms with Crippen molar-refractivity contribution < 1.29 is 9.84 Å². The molecule has 0 aliphatic carbocycles. The second-order valence-electron chi connectivity index (χ2n) is 5.89. The number of aromatic nitrogens is 2. The van der Waals surface area contributed by atoms with Gasteiger partial charge in [0.25, 0.3) is 0 Å². The van der Waals surface area contributed by atoms with Gasteiger partial charge in [0, 0.05) is 11.3 Å². The summed E-state index contributed by atoms with van der Waals surface area (Å²) in [7, 11) is 0. The number of aryl methyl sites for hydroxylation is 2. The average Bonchev–Trinajstić information content (AvgIpc) is 2.75. The van der Waals surface area contributed by atoms with E-state index in [2.05, 4.69) is 25.0 Å². The zero-order valence-corrected chi connectivity index (χ0v) is 13.3. The molecule has 114 valence electrons. The predicted octanol–water partition coefficient (Wildman–Crippen LogP) is 3.08. The highest BCUT2D eigenvalue weighted by Gasteiger charge is 2.09. The van der Waals surface area contributed by atoms with Gasteiger partial charge in [0.05, 0.1) is 25.5 Å². The van der Waals surface area contributed by atoms with Crippen molar-refractivity contribution in [1.82, 2.24) is 9.78 Å². The van der Waals surface area contributed by atoms with E-state index in [1.807, 2.05) is 36.7 Å². The molecular weight excluding hydrogens is 264 g/mol. The third kappa shape index (κ3) is 4.08. The van der Waals surface area contributed by atoms with Gasteiger partial charge in [-0.05, 0) is 43.5 Å². The Kier molecular flexibility index (Phi) is 5.02. The molecule has 0 aliphatic heterocycles. The number of hydrogen-bond donors (Lipinski definition) is 1. The van der Waals surface area contributed by atoms with Gasteiger partial charge in [-0.1, -0.05) is 19.9 Å². The predicted molar refractivity (Wildman–Crippen MR) is 83.5 cm³/mol. The summed E-state index contributed by atoms with van der Waals surface area (Å²) in [6, 6.07) is 7.89. The van der Waals surface area contributed by atoms with Crippen molar-refractivity contribution in [2.75, 3.05) is 6.61 Å². The minimum absolute atomic E-state index is 0.0363. The molecule has 0 aliphatic rings. The molecule has 0 fully saturated rings. The molecule has 0 atom stereocenters. The number of ether oxygens (including phenoxy) is 1. The zero-order valence-electron chi connectivity index (χ0n) is 13.3. The molecule has 0 amide bonds. The van der Waals surface area contributed by atoms with Crippen molar-refractivity contribution in [2.24, 2.45) is 5.92 Å². The molecule has 1 aromatic heterocycles. The van der Waals surface area contributed by atoms with E-state index in [-0.39, 0.29) is 6.61 Å². The number of aliphatic hydroxyl groups is 1. The molecular formula is C17H24N2O2. The van der Waals surface area contributed by atoms with Gasteiger partial charge in [0.1, 0.15) is 5.75 Å². The first kappa shape index (κ1) is 15.6. The Morgan fingerprint density at radius 2 is 2.00 bits per heavy atom. The van der Waals surface area contributed by atoms with E-state index < -0.39 is 0 Å². The number of hydrogen-bond acceptors (Lipinski definition) is 3. The second kappa shape index (κ2) is 6.76. The highest BCUT2D eigenvalue weighted by molar-refractivity contribution is 5.37. The molecule has 4 heteroatoms. The summed E-state index contributed by atoms with van der Waals surface area (Å²) in [5.41, 5.74) is 4.07.